The maximum Gasteiger partial charge on any atom is 0.240 e. The normalized spacial score (nSPS) is 14.9. The molecule has 0 spiro atoms. The number of nitrogens with one attached hydrogen (secondary N) is 2. The first-order valence-electron chi connectivity index (χ1n) is 6.50. The molecule has 1 aromatic carbocycles. The fraction of sp³-hybridized carbons (Fsp3) is 0.538. The van der Waals surface area contributed by atoms with Crippen LogP contribution in [-0.4, -0.2) is 21.5 Å². The van der Waals surface area contributed by atoms with Crippen LogP contribution >= 0.6 is 0 Å². The molecule has 0 aliphatic carbocycles. The van der Waals surface area contributed by atoms with Crippen LogP contribution in [0.25, 0.3) is 0 Å². The minimum Gasteiger partial charge on any atom is -0.385 e. The molecular formula is C13H20N2O2S. The third-order valence-corrected chi connectivity index (χ3v) is 4.61. The maximum atomic E-state index is 12.1. The molecule has 5 heteroatoms. The van der Waals surface area contributed by atoms with Crippen molar-refractivity contribution >= 4 is 15.7 Å². The standard InChI is InChI=1S/C13H20N2O2S/c1-2-3-9-15-18(16,17)12-7-6-11-5-4-8-14-13(11)10-12/h6-7,10,14-15H,2-5,8-9H2,1H3. The van der Waals surface area contributed by atoms with E-state index < -0.39 is 10.0 Å². The third kappa shape index (κ3) is 3.03. The summed E-state index contributed by atoms with van der Waals surface area (Å²) in [5.74, 6) is 0. The van der Waals surface area contributed by atoms with Gasteiger partial charge in [0.05, 0.1) is 4.90 Å². The van der Waals surface area contributed by atoms with Gasteiger partial charge in [0.25, 0.3) is 0 Å². The fourth-order valence-corrected chi connectivity index (χ4v) is 3.17. The number of rotatable bonds is 5. The van der Waals surface area contributed by atoms with Gasteiger partial charge < -0.3 is 5.32 Å². The second-order valence-electron chi connectivity index (χ2n) is 4.60. The van der Waals surface area contributed by atoms with Crippen molar-refractivity contribution in [1.82, 2.24) is 4.72 Å². The smallest absolute Gasteiger partial charge is 0.240 e. The Morgan fingerprint density at radius 3 is 3.00 bits per heavy atom. The highest BCUT2D eigenvalue weighted by molar-refractivity contribution is 7.89. The number of anilines is 1. The molecule has 18 heavy (non-hydrogen) atoms. The second-order valence-corrected chi connectivity index (χ2v) is 6.37. The number of fused-ring (bicyclic) bond motifs is 1. The van der Waals surface area contributed by atoms with Crippen LogP contribution in [0.3, 0.4) is 0 Å². The van der Waals surface area contributed by atoms with E-state index >= 15 is 0 Å². The molecule has 1 aliphatic rings. The van der Waals surface area contributed by atoms with Crippen LogP contribution < -0.4 is 10.0 Å². The molecule has 100 valence electrons. The van der Waals surface area contributed by atoms with Crippen LogP contribution in [0.15, 0.2) is 23.1 Å². The highest BCUT2D eigenvalue weighted by Crippen LogP contribution is 2.24. The van der Waals surface area contributed by atoms with E-state index in [-0.39, 0.29) is 0 Å². The van der Waals surface area contributed by atoms with Gasteiger partial charge in [-0.05, 0) is 37.0 Å². The van der Waals surface area contributed by atoms with E-state index in [0.717, 1.165) is 37.9 Å². The first-order chi connectivity index (χ1) is 8.63. The van der Waals surface area contributed by atoms with E-state index in [4.69, 9.17) is 0 Å². The van der Waals surface area contributed by atoms with E-state index in [1.54, 1.807) is 12.1 Å². The Morgan fingerprint density at radius 1 is 1.39 bits per heavy atom. The van der Waals surface area contributed by atoms with Crippen molar-refractivity contribution in [2.75, 3.05) is 18.4 Å². The highest BCUT2D eigenvalue weighted by atomic mass is 32.2. The van der Waals surface area contributed by atoms with Crippen molar-refractivity contribution in [3.8, 4) is 0 Å². The van der Waals surface area contributed by atoms with Crippen molar-refractivity contribution in [1.29, 1.82) is 0 Å². The van der Waals surface area contributed by atoms with Crippen molar-refractivity contribution < 1.29 is 8.42 Å². The summed E-state index contributed by atoms with van der Waals surface area (Å²) in [6.45, 7) is 3.46. The largest absolute Gasteiger partial charge is 0.385 e. The van der Waals surface area contributed by atoms with Crippen molar-refractivity contribution in [3.63, 3.8) is 0 Å². The molecule has 0 fully saturated rings. The Labute approximate surface area is 109 Å². The molecule has 0 unspecified atom stereocenters. The van der Waals surface area contributed by atoms with Gasteiger partial charge in [0.2, 0.25) is 10.0 Å². The van der Waals surface area contributed by atoms with Crippen molar-refractivity contribution in [2.24, 2.45) is 0 Å². The number of aryl methyl sites for hydroxylation is 1. The first kappa shape index (κ1) is 13.4. The molecule has 0 radical (unpaired) electrons. The lowest BCUT2D eigenvalue weighted by Gasteiger charge is -2.18. The van der Waals surface area contributed by atoms with Crippen LogP contribution in [0.5, 0.6) is 0 Å². The van der Waals surface area contributed by atoms with Crippen LogP contribution in [0.1, 0.15) is 31.7 Å². The quantitative estimate of drug-likeness (QED) is 0.804. The molecule has 2 rings (SSSR count). The van der Waals surface area contributed by atoms with Crippen molar-refractivity contribution in [2.45, 2.75) is 37.5 Å². The summed E-state index contributed by atoms with van der Waals surface area (Å²) in [7, 11) is -3.36. The number of unbranched alkanes of at least 4 members (excludes halogenated alkanes) is 1. The third-order valence-electron chi connectivity index (χ3n) is 3.15. The number of sulfonamides is 1. The van der Waals surface area contributed by atoms with Crippen LogP contribution in [0, 0.1) is 0 Å². The summed E-state index contributed by atoms with van der Waals surface area (Å²) in [5, 5.41) is 3.25. The van der Waals surface area contributed by atoms with Gasteiger partial charge in [0, 0.05) is 18.8 Å². The Balaban J connectivity index is 2.17. The van der Waals surface area contributed by atoms with Gasteiger partial charge in [0.1, 0.15) is 0 Å². The molecule has 2 N–H and O–H groups in total. The zero-order chi connectivity index (χ0) is 13.0. The molecular weight excluding hydrogens is 248 g/mol. The lowest BCUT2D eigenvalue weighted by atomic mass is 10.0. The zero-order valence-electron chi connectivity index (χ0n) is 10.7. The molecule has 0 amide bonds. The van der Waals surface area contributed by atoms with Gasteiger partial charge in [-0.3, -0.25) is 0 Å². The molecule has 0 bridgehead atoms. The van der Waals surface area contributed by atoms with Gasteiger partial charge in [-0.1, -0.05) is 19.4 Å². The van der Waals surface area contributed by atoms with Gasteiger partial charge in [-0.2, -0.15) is 0 Å². The fourth-order valence-electron chi connectivity index (χ4n) is 2.07. The predicted molar refractivity (Wildman–Crippen MR) is 73.3 cm³/mol. The summed E-state index contributed by atoms with van der Waals surface area (Å²) in [4.78, 5) is 0.353. The van der Waals surface area contributed by atoms with E-state index in [9.17, 15) is 8.42 Å². The van der Waals surface area contributed by atoms with Gasteiger partial charge in [-0.15, -0.1) is 0 Å². The Bertz CT molecular complexity index is 512. The van der Waals surface area contributed by atoms with E-state index in [1.165, 1.54) is 5.56 Å². The maximum absolute atomic E-state index is 12.1. The Morgan fingerprint density at radius 2 is 2.22 bits per heavy atom. The molecule has 0 aromatic heterocycles. The van der Waals surface area contributed by atoms with Crippen LogP contribution in [-0.2, 0) is 16.4 Å². The molecule has 0 atom stereocenters. The second kappa shape index (κ2) is 5.71. The highest BCUT2D eigenvalue weighted by Gasteiger charge is 2.16. The minimum atomic E-state index is -3.36. The van der Waals surface area contributed by atoms with E-state index in [2.05, 4.69) is 10.0 Å². The van der Waals surface area contributed by atoms with Crippen LogP contribution in [0.2, 0.25) is 0 Å². The van der Waals surface area contributed by atoms with E-state index in [0.29, 0.717) is 11.4 Å². The topological polar surface area (TPSA) is 58.2 Å². The molecule has 1 heterocycles. The number of benzene rings is 1. The Kier molecular flexibility index (Phi) is 4.24. The number of hydrogen-bond acceptors (Lipinski definition) is 3. The average Bonchev–Trinajstić information content (AvgIpc) is 2.38. The summed E-state index contributed by atoms with van der Waals surface area (Å²) in [5.41, 5.74) is 2.16. The molecule has 0 saturated heterocycles. The molecule has 1 aliphatic heterocycles. The summed E-state index contributed by atoms with van der Waals surface area (Å²) in [6, 6.07) is 5.35. The Hall–Kier alpha value is -1.07. The SMILES string of the molecule is CCCCNS(=O)(=O)c1ccc2c(c1)NCCC2. The first-order valence-corrected chi connectivity index (χ1v) is 7.98. The average molecular weight is 268 g/mol. The lowest BCUT2D eigenvalue weighted by Crippen LogP contribution is -2.25. The predicted octanol–water partition coefficient (Wildman–Crippen LogP) is 2.12. The summed E-state index contributed by atoms with van der Waals surface area (Å²) in [6.07, 6.45) is 3.97. The molecule has 1 aromatic rings. The minimum absolute atomic E-state index is 0.353. The monoisotopic (exact) mass is 268 g/mol. The number of hydrogen-bond donors (Lipinski definition) is 2. The summed E-state index contributed by atoms with van der Waals surface area (Å²) >= 11 is 0. The zero-order valence-corrected chi connectivity index (χ0v) is 11.5. The molecule has 0 saturated carbocycles. The van der Waals surface area contributed by atoms with E-state index in [1.807, 2.05) is 13.0 Å². The van der Waals surface area contributed by atoms with Crippen molar-refractivity contribution in [3.05, 3.63) is 23.8 Å². The van der Waals surface area contributed by atoms with Gasteiger partial charge >= 0.3 is 0 Å². The van der Waals surface area contributed by atoms with Gasteiger partial charge in [0.15, 0.2) is 0 Å². The lowest BCUT2D eigenvalue weighted by molar-refractivity contribution is 0.578. The van der Waals surface area contributed by atoms with Gasteiger partial charge in [-0.25, -0.2) is 13.1 Å². The summed E-state index contributed by atoms with van der Waals surface area (Å²) < 4.78 is 26.7. The van der Waals surface area contributed by atoms with Crippen LogP contribution in [0.4, 0.5) is 5.69 Å². The molecule has 4 nitrogen and oxygen atoms in total.